The minimum absolute atomic E-state index is 0.157. The summed E-state index contributed by atoms with van der Waals surface area (Å²) in [6.07, 6.45) is 5.83. The highest BCUT2D eigenvalue weighted by molar-refractivity contribution is 5.78. The van der Waals surface area contributed by atoms with E-state index in [-0.39, 0.29) is 36.1 Å². The second-order valence-corrected chi connectivity index (χ2v) is 7.10. The van der Waals surface area contributed by atoms with E-state index < -0.39 is 0 Å². The molecule has 1 aromatic carbocycles. The lowest BCUT2D eigenvalue weighted by atomic mass is 9.66. The van der Waals surface area contributed by atoms with Crippen LogP contribution in [0.15, 0.2) is 12.1 Å². The van der Waals surface area contributed by atoms with Gasteiger partial charge in [-0.3, -0.25) is 9.59 Å². The van der Waals surface area contributed by atoms with E-state index in [1.807, 2.05) is 0 Å². The van der Waals surface area contributed by atoms with Crippen LogP contribution < -0.4 is 0 Å². The fourth-order valence-corrected chi connectivity index (χ4v) is 4.58. The molecule has 0 bridgehead atoms. The summed E-state index contributed by atoms with van der Waals surface area (Å²) >= 11 is 0. The molecule has 0 spiro atoms. The van der Waals surface area contributed by atoms with Crippen LogP contribution in [0.3, 0.4) is 0 Å². The van der Waals surface area contributed by atoms with Gasteiger partial charge in [0.15, 0.2) is 0 Å². The molecule has 0 aromatic heterocycles. The van der Waals surface area contributed by atoms with Gasteiger partial charge in [-0.05, 0) is 60.3 Å². The molecule has 1 aromatic rings. The van der Waals surface area contributed by atoms with E-state index in [1.165, 1.54) is 43.8 Å². The van der Waals surface area contributed by atoms with E-state index in [1.54, 1.807) is 0 Å². The summed E-state index contributed by atoms with van der Waals surface area (Å²) in [6.45, 7) is 2.09. The van der Waals surface area contributed by atoms with Crippen molar-refractivity contribution in [3.8, 4) is 0 Å². The minimum atomic E-state index is -0.289. The van der Waals surface area contributed by atoms with Crippen LogP contribution in [0.5, 0.6) is 0 Å². The molecule has 4 nitrogen and oxygen atoms in total. The first-order chi connectivity index (χ1) is 11.6. The molecular weight excluding hydrogens is 304 g/mol. The maximum absolute atomic E-state index is 12.4. The number of hydrogen-bond donors (Lipinski definition) is 0. The Bertz CT molecular complexity index is 649. The quantitative estimate of drug-likeness (QED) is 0.799. The molecule has 0 amide bonds. The van der Waals surface area contributed by atoms with Gasteiger partial charge in [-0.1, -0.05) is 19.1 Å². The Kier molecular flexibility index (Phi) is 4.93. The SMILES string of the molecule is COC(=O)C[C@H]1c2ccc3c(c2C[C@H](C)[C@H]1C(=O)OC)CCCC3. The second-order valence-electron chi connectivity index (χ2n) is 7.10. The monoisotopic (exact) mass is 330 g/mol. The number of esters is 2. The van der Waals surface area contributed by atoms with Gasteiger partial charge >= 0.3 is 11.9 Å². The van der Waals surface area contributed by atoms with E-state index in [4.69, 9.17) is 9.47 Å². The zero-order chi connectivity index (χ0) is 17.3. The van der Waals surface area contributed by atoms with Gasteiger partial charge in [-0.25, -0.2) is 0 Å². The van der Waals surface area contributed by atoms with Gasteiger partial charge in [-0.2, -0.15) is 0 Å². The molecule has 0 N–H and O–H groups in total. The topological polar surface area (TPSA) is 52.6 Å². The number of carbonyl (C=O) groups excluding carboxylic acids is 2. The predicted octanol–water partition coefficient (Wildman–Crippen LogP) is 3.19. The van der Waals surface area contributed by atoms with Crippen LogP contribution in [0.2, 0.25) is 0 Å². The molecule has 4 heteroatoms. The number of ether oxygens (including phenoxy) is 2. The summed E-state index contributed by atoms with van der Waals surface area (Å²) < 4.78 is 9.93. The van der Waals surface area contributed by atoms with Crippen LogP contribution in [0.4, 0.5) is 0 Å². The van der Waals surface area contributed by atoms with Gasteiger partial charge < -0.3 is 9.47 Å². The van der Waals surface area contributed by atoms with Crippen molar-refractivity contribution in [1.29, 1.82) is 0 Å². The Balaban J connectivity index is 2.07. The first kappa shape index (κ1) is 17.0. The number of hydrogen-bond acceptors (Lipinski definition) is 4. The molecule has 24 heavy (non-hydrogen) atoms. The highest BCUT2D eigenvalue weighted by atomic mass is 16.5. The predicted molar refractivity (Wildman–Crippen MR) is 90.8 cm³/mol. The summed E-state index contributed by atoms with van der Waals surface area (Å²) in [5.41, 5.74) is 5.42. The maximum atomic E-state index is 12.4. The van der Waals surface area contributed by atoms with Crippen LogP contribution in [0, 0.1) is 11.8 Å². The molecule has 0 radical (unpaired) electrons. The fourth-order valence-electron chi connectivity index (χ4n) is 4.58. The lowest BCUT2D eigenvalue weighted by Crippen LogP contribution is -2.37. The van der Waals surface area contributed by atoms with E-state index >= 15 is 0 Å². The first-order valence-electron chi connectivity index (χ1n) is 8.85. The van der Waals surface area contributed by atoms with Gasteiger partial charge in [0.05, 0.1) is 26.6 Å². The molecule has 0 saturated heterocycles. The zero-order valence-corrected chi connectivity index (χ0v) is 14.8. The number of aryl methyl sites for hydroxylation is 1. The van der Waals surface area contributed by atoms with Gasteiger partial charge in [0.2, 0.25) is 0 Å². The van der Waals surface area contributed by atoms with Crippen molar-refractivity contribution in [2.24, 2.45) is 11.8 Å². The number of fused-ring (bicyclic) bond motifs is 3. The van der Waals surface area contributed by atoms with E-state index in [9.17, 15) is 9.59 Å². The zero-order valence-electron chi connectivity index (χ0n) is 14.8. The molecule has 2 aliphatic rings. The Hall–Kier alpha value is -1.84. The summed E-state index contributed by atoms with van der Waals surface area (Å²) in [7, 11) is 2.82. The van der Waals surface area contributed by atoms with Crippen LogP contribution >= 0.6 is 0 Å². The van der Waals surface area contributed by atoms with Crippen LogP contribution in [0.1, 0.15) is 54.4 Å². The van der Waals surface area contributed by atoms with Gasteiger partial charge in [0.25, 0.3) is 0 Å². The Morgan fingerprint density at radius 2 is 1.83 bits per heavy atom. The summed E-state index contributed by atoms with van der Waals surface area (Å²) in [4.78, 5) is 24.3. The lowest BCUT2D eigenvalue weighted by Gasteiger charge is -2.38. The Morgan fingerprint density at radius 1 is 1.08 bits per heavy atom. The fraction of sp³-hybridized carbons (Fsp3) is 0.600. The molecule has 3 atom stereocenters. The minimum Gasteiger partial charge on any atom is -0.469 e. The van der Waals surface area contributed by atoms with Crippen molar-refractivity contribution >= 4 is 11.9 Å². The van der Waals surface area contributed by atoms with Crippen molar-refractivity contribution in [3.63, 3.8) is 0 Å². The third-order valence-electron chi connectivity index (χ3n) is 5.75. The Morgan fingerprint density at radius 3 is 2.54 bits per heavy atom. The van der Waals surface area contributed by atoms with Crippen molar-refractivity contribution in [3.05, 3.63) is 34.4 Å². The van der Waals surface area contributed by atoms with Crippen LogP contribution in [0.25, 0.3) is 0 Å². The van der Waals surface area contributed by atoms with Gasteiger partial charge in [0.1, 0.15) is 0 Å². The molecule has 0 saturated carbocycles. The molecule has 0 heterocycles. The Labute approximate surface area is 143 Å². The number of carbonyl (C=O) groups is 2. The third kappa shape index (κ3) is 2.94. The standard InChI is InChI=1S/C20H26O4/c1-12-10-16-14-7-5-4-6-13(14)8-9-15(16)17(11-18(21)23-2)19(12)20(22)24-3/h8-9,12,17,19H,4-7,10-11H2,1-3H3/t12-,17-,19+/m0/s1. The first-order valence-corrected chi connectivity index (χ1v) is 8.85. The van der Waals surface area contributed by atoms with Gasteiger partial charge in [-0.15, -0.1) is 0 Å². The van der Waals surface area contributed by atoms with Crippen LogP contribution in [-0.2, 0) is 38.3 Å². The number of benzene rings is 1. The number of methoxy groups -OCH3 is 2. The maximum Gasteiger partial charge on any atom is 0.309 e. The summed E-state index contributed by atoms with van der Waals surface area (Å²) in [6, 6.07) is 4.33. The highest BCUT2D eigenvalue weighted by Crippen LogP contribution is 2.45. The van der Waals surface area contributed by atoms with E-state index in [0.29, 0.717) is 0 Å². The molecule has 3 rings (SSSR count). The molecule has 0 aliphatic heterocycles. The van der Waals surface area contributed by atoms with Crippen LogP contribution in [-0.4, -0.2) is 26.2 Å². The van der Waals surface area contributed by atoms with Crippen molar-refractivity contribution in [2.45, 2.75) is 51.4 Å². The smallest absolute Gasteiger partial charge is 0.309 e. The molecule has 0 unspecified atom stereocenters. The second kappa shape index (κ2) is 6.96. The van der Waals surface area contributed by atoms with Gasteiger partial charge in [0, 0.05) is 5.92 Å². The van der Waals surface area contributed by atoms with E-state index in [2.05, 4.69) is 19.1 Å². The van der Waals surface area contributed by atoms with Crippen molar-refractivity contribution in [2.75, 3.05) is 14.2 Å². The largest absolute Gasteiger partial charge is 0.469 e. The average molecular weight is 330 g/mol. The third-order valence-corrected chi connectivity index (χ3v) is 5.75. The summed E-state index contributed by atoms with van der Waals surface area (Å²) in [5.74, 6) is -0.779. The average Bonchev–Trinajstić information content (AvgIpc) is 2.60. The highest BCUT2D eigenvalue weighted by Gasteiger charge is 2.42. The molecular formula is C20H26O4. The van der Waals surface area contributed by atoms with Crippen molar-refractivity contribution in [1.82, 2.24) is 0 Å². The summed E-state index contributed by atoms with van der Waals surface area (Å²) in [5, 5.41) is 0. The van der Waals surface area contributed by atoms with E-state index in [0.717, 1.165) is 24.8 Å². The number of rotatable bonds is 3. The molecule has 2 aliphatic carbocycles. The molecule has 130 valence electrons. The van der Waals surface area contributed by atoms with Crippen molar-refractivity contribution < 1.29 is 19.1 Å². The molecule has 0 fully saturated rings. The normalized spacial score (nSPS) is 25.4. The lowest BCUT2D eigenvalue weighted by molar-refractivity contribution is -0.150.